The lowest BCUT2D eigenvalue weighted by Gasteiger charge is -2.13. The number of anilines is 3. The molecule has 3 N–H and O–H groups in total. The molecule has 0 amide bonds. The highest BCUT2D eigenvalue weighted by Gasteiger charge is 2.31. The monoisotopic (exact) mass is 426 g/mol. The molecule has 0 saturated carbocycles. The second kappa shape index (κ2) is 8.91. The van der Waals surface area contributed by atoms with Crippen LogP contribution in [0.1, 0.15) is 0 Å². The Balaban J connectivity index is 1.96. The first kappa shape index (κ1) is 21.2. The lowest BCUT2D eigenvalue weighted by molar-refractivity contribution is -0.274. The summed E-state index contributed by atoms with van der Waals surface area (Å²) >= 11 is 0. The Kier molecular flexibility index (Phi) is 6.31. The standard InChI is InChI=1S/C19H15F5N4O2/c20-14-5-4-12(9-15(14)21)26-17-10-16(27-18(28-17)25-6-7-29)11-2-1-3-13(8-11)30-19(22,23)24/h1-5,8-10,29H,6-7H2,(H2,25,26,27,28). The zero-order valence-electron chi connectivity index (χ0n) is 15.2. The predicted octanol–water partition coefficient (Wildman–Crippen LogP) is 4.47. The Morgan fingerprint density at radius 3 is 2.47 bits per heavy atom. The molecular formula is C19H15F5N4O2. The first-order valence-electron chi connectivity index (χ1n) is 8.55. The summed E-state index contributed by atoms with van der Waals surface area (Å²) in [5, 5.41) is 14.5. The van der Waals surface area contributed by atoms with Gasteiger partial charge in [0.15, 0.2) is 11.6 Å². The second-order valence-corrected chi connectivity index (χ2v) is 5.94. The fourth-order valence-corrected chi connectivity index (χ4v) is 2.48. The van der Waals surface area contributed by atoms with Gasteiger partial charge in [-0.25, -0.2) is 13.8 Å². The van der Waals surface area contributed by atoms with Gasteiger partial charge < -0.3 is 20.5 Å². The molecule has 0 aliphatic carbocycles. The van der Waals surface area contributed by atoms with Gasteiger partial charge >= 0.3 is 6.36 Å². The lowest BCUT2D eigenvalue weighted by atomic mass is 10.1. The van der Waals surface area contributed by atoms with Crippen molar-refractivity contribution in [3.63, 3.8) is 0 Å². The Labute approximate surface area is 167 Å². The van der Waals surface area contributed by atoms with Gasteiger partial charge in [0.25, 0.3) is 0 Å². The molecule has 0 aliphatic heterocycles. The highest BCUT2D eigenvalue weighted by Crippen LogP contribution is 2.29. The third kappa shape index (κ3) is 5.77. The van der Waals surface area contributed by atoms with Gasteiger partial charge in [0.2, 0.25) is 5.95 Å². The molecule has 0 unspecified atom stereocenters. The van der Waals surface area contributed by atoms with Gasteiger partial charge in [-0.15, -0.1) is 13.2 Å². The Hall–Kier alpha value is -3.47. The van der Waals surface area contributed by atoms with Gasteiger partial charge in [0.05, 0.1) is 12.3 Å². The van der Waals surface area contributed by atoms with Crippen LogP contribution in [-0.2, 0) is 0 Å². The number of aliphatic hydroxyl groups excluding tert-OH is 1. The summed E-state index contributed by atoms with van der Waals surface area (Å²) in [6, 6.07) is 9.73. The maximum absolute atomic E-state index is 13.5. The minimum atomic E-state index is -4.85. The first-order valence-corrected chi connectivity index (χ1v) is 8.55. The smallest absolute Gasteiger partial charge is 0.406 e. The normalized spacial score (nSPS) is 11.3. The molecule has 6 nitrogen and oxygen atoms in total. The van der Waals surface area contributed by atoms with Crippen molar-refractivity contribution in [3.05, 3.63) is 60.2 Å². The molecule has 0 fully saturated rings. The summed E-state index contributed by atoms with van der Waals surface area (Å²) in [4.78, 5) is 8.36. The number of halogens is 5. The Bertz CT molecular complexity index is 1030. The predicted molar refractivity (Wildman–Crippen MR) is 99.4 cm³/mol. The molecule has 3 rings (SSSR count). The summed E-state index contributed by atoms with van der Waals surface area (Å²) in [5.74, 6) is -2.29. The van der Waals surface area contributed by atoms with E-state index in [4.69, 9.17) is 5.11 Å². The number of hydrogen-bond donors (Lipinski definition) is 3. The third-order valence-corrected chi connectivity index (χ3v) is 3.68. The van der Waals surface area contributed by atoms with E-state index in [0.717, 1.165) is 24.3 Å². The molecule has 0 aliphatic rings. The van der Waals surface area contributed by atoms with E-state index in [1.165, 1.54) is 24.3 Å². The summed E-state index contributed by atoms with van der Waals surface area (Å²) in [5.41, 5.74) is 0.712. The minimum absolute atomic E-state index is 0.0637. The second-order valence-electron chi connectivity index (χ2n) is 5.94. The van der Waals surface area contributed by atoms with Crippen LogP contribution in [0, 0.1) is 11.6 Å². The van der Waals surface area contributed by atoms with Crippen LogP contribution in [0.4, 0.5) is 39.4 Å². The molecule has 158 valence electrons. The van der Waals surface area contributed by atoms with E-state index in [2.05, 4.69) is 25.3 Å². The van der Waals surface area contributed by atoms with Crippen LogP contribution in [0.2, 0.25) is 0 Å². The number of aromatic nitrogens is 2. The van der Waals surface area contributed by atoms with Crippen molar-refractivity contribution in [3.8, 4) is 17.0 Å². The highest BCUT2D eigenvalue weighted by atomic mass is 19.4. The quantitative estimate of drug-likeness (QED) is 0.484. The number of benzene rings is 2. The lowest BCUT2D eigenvalue weighted by Crippen LogP contribution is -2.17. The van der Waals surface area contributed by atoms with E-state index in [1.807, 2.05) is 0 Å². The SMILES string of the molecule is OCCNc1nc(Nc2ccc(F)c(F)c2)cc(-c2cccc(OC(F)(F)F)c2)n1. The summed E-state index contributed by atoms with van der Waals surface area (Å²) in [6.07, 6.45) is -4.85. The number of aliphatic hydroxyl groups is 1. The van der Waals surface area contributed by atoms with Gasteiger partial charge in [-0.2, -0.15) is 4.98 Å². The molecule has 30 heavy (non-hydrogen) atoms. The average molecular weight is 426 g/mol. The molecule has 0 atom stereocenters. The zero-order chi connectivity index (χ0) is 21.7. The molecule has 1 heterocycles. The van der Waals surface area contributed by atoms with Crippen LogP contribution in [0.25, 0.3) is 11.3 Å². The number of ether oxygens (including phenoxy) is 1. The van der Waals surface area contributed by atoms with Crippen LogP contribution in [0.5, 0.6) is 5.75 Å². The van der Waals surface area contributed by atoms with Gasteiger partial charge in [-0.1, -0.05) is 12.1 Å². The number of nitrogens with one attached hydrogen (secondary N) is 2. The van der Waals surface area contributed by atoms with Crippen molar-refractivity contribution < 1.29 is 31.8 Å². The Morgan fingerprint density at radius 1 is 0.967 bits per heavy atom. The fraction of sp³-hybridized carbons (Fsp3) is 0.158. The van der Waals surface area contributed by atoms with Crippen LogP contribution < -0.4 is 15.4 Å². The Morgan fingerprint density at radius 2 is 1.77 bits per heavy atom. The molecule has 11 heteroatoms. The molecule has 0 bridgehead atoms. The van der Waals surface area contributed by atoms with Crippen LogP contribution >= 0.6 is 0 Å². The third-order valence-electron chi connectivity index (χ3n) is 3.68. The number of hydrogen-bond acceptors (Lipinski definition) is 6. The highest BCUT2D eigenvalue weighted by molar-refractivity contribution is 5.68. The van der Waals surface area contributed by atoms with Crippen molar-refractivity contribution in [1.29, 1.82) is 0 Å². The van der Waals surface area contributed by atoms with E-state index < -0.39 is 23.7 Å². The van der Waals surface area contributed by atoms with E-state index in [-0.39, 0.29) is 36.3 Å². The number of alkyl halides is 3. The molecule has 0 spiro atoms. The first-order chi connectivity index (χ1) is 14.2. The molecule has 3 aromatic rings. The van der Waals surface area contributed by atoms with E-state index >= 15 is 0 Å². The molecule has 2 aromatic carbocycles. The summed E-state index contributed by atoms with van der Waals surface area (Å²) < 4.78 is 68.0. The summed E-state index contributed by atoms with van der Waals surface area (Å²) in [7, 11) is 0. The number of rotatable bonds is 7. The average Bonchev–Trinajstić information content (AvgIpc) is 2.68. The fourth-order valence-electron chi connectivity index (χ4n) is 2.48. The topological polar surface area (TPSA) is 79.3 Å². The van der Waals surface area contributed by atoms with Crippen molar-refractivity contribution in [2.45, 2.75) is 6.36 Å². The molecular weight excluding hydrogens is 411 g/mol. The molecule has 0 radical (unpaired) electrons. The summed E-state index contributed by atoms with van der Waals surface area (Å²) in [6.45, 7) is -0.0975. The van der Waals surface area contributed by atoms with Crippen LogP contribution in [0.15, 0.2) is 48.5 Å². The largest absolute Gasteiger partial charge is 0.573 e. The van der Waals surface area contributed by atoms with E-state index in [1.54, 1.807) is 0 Å². The maximum atomic E-state index is 13.5. The minimum Gasteiger partial charge on any atom is -0.406 e. The zero-order valence-corrected chi connectivity index (χ0v) is 15.2. The van der Waals surface area contributed by atoms with E-state index in [9.17, 15) is 22.0 Å². The van der Waals surface area contributed by atoms with Crippen LogP contribution in [0.3, 0.4) is 0 Å². The van der Waals surface area contributed by atoms with Crippen LogP contribution in [-0.4, -0.2) is 34.6 Å². The molecule has 1 aromatic heterocycles. The van der Waals surface area contributed by atoms with Crippen molar-refractivity contribution in [1.82, 2.24) is 9.97 Å². The number of nitrogens with zero attached hydrogens (tertiary/aromatic N) is 2. The van der Waals surface area contributed by atoms with Crippen molar-refractivity contribution >= 4 is 17.5 Å². The molecule has 0 saturated heterocycles. The van der Waals surface area contributed by atoms with Crippen molar-refractivity contribution in [2.75, 3.05) is 23.8 Å². The van der Waals surface area contributed by atoms with Crippen molar-refractivity contribution in [2.24, 2.45) is 0 Å². The van der Waals surface area contributed by atoms with Gasteiger partial charge in [-0.3, -0.25) is 0 Å². The van der Waals surface area contributed by atoms with Gasteiger partial charge in [0.1, 0.15) is 11.6 Å². The van der Waals surface area contributed by atoms with Gasteiger partial charge in [0, 0.05) is 29.9 Å². The maximum Gasteiger partial charge on any atom is 0.573 e. The van der Waals surface area contributed by atoms with E-state index in [0.29, 0.717) is 5.56 Å². The van der Waals surface area contributed by atoms with Gasteiger partial charge in [-0.05, 0) is 24.3 Å².